The second-order valence-corrected chi connectivity index (χ2v) is 6.25. The van der Waals surface area contributed by atoms with Gasteiger partial charge in [0.25, 0.3) is 0 Å². The first kappa shape index (κ1) is 15.9. The maximum absolute atomic E-state index is 11.8. The van der Waals surface area contributed by atoms with Crippen molar-refractivity contribution in [1.82, 2.24) is 5.32 Å². The Kier molecular flexibility index (Phi) is 6.58. The molecular weight excluding hydrogens is 260 g/mol. The summed E-state index contributed by atoms with van der Waals surface area (Å²) in [6.45, 7) is 2.79. The van der Waals surface area contributed by atoms with Gasteiger partial charge in [0, 0.05) is 12.2 Å². The molecule has 2 rings (SSSR count). The number of hydrogen-bond donors (Lipinski definition) is 2. The van der Waals surface area contributed by atoms with Crippen LogP contribution in [0.5, 0.6) is 0 Å². The van der Waals surface area contributed by atoms with E-state index in [1.165, 1.54) is 44.9 Å². The lowest BCUT2D eigenvalue weighted by Gasteiger charge is -2.21. The quantitative estimate of drug-likeness (QED) is 0.721. The number of amides is 2. The Bertz CT molecular complexity index is 439. The van der Waals surface area contributed by atoms with Gasteiger partial charge in [0.05, 0.1) is 0 Å². The molecule has 1 fully saturated rings. The minimum absolute atomic E-state index is 0.0988. The van der Waals surface area contributed by atoms with Crippen LogP contribution in [-0.2, 0) is 0 Å². The van der Waals surface area contributed by atoms with Crippen molar-refractivity contribution in [3.63, 3.8) is 0 Å². The van der Waals surface area contributed by atoms with E-state index in [4.69, 9.17) is 0 Å². The summed E-state index contributed by atoms with van der Waals surface area (Å²) in [5.74, 6) is 0.944. The molecule has 2 N–H and O–H groups in total. The molecule has 116 valence electrons. The van der Waals surface area contributed by atoms with Crippen LogP contribution < -0.4 is 10.6 Å². The van der Waals surface area contributed by atoms with Crippen molar-refractivity contribution in [3.8, 4) is 0 Å². The molecule has 0 aromatic heterocycles. The summed E-state index contributed by atoms with van der Waals surface area (Å²) in [6.07, 6.45) is 10.7. The predicted octanol–water partition coefficient (Wildman–Crippen LogP) is 4.87. The summed E-state index contributed by atoms with van der Waals surface area (Å²) in [6, 6.07) is 7.76. The van der Waals surface area contributed by atoms with E-state index in [-0.39, 0.29) is 6.03 Å². The molecule has 21 heavy (non-hydrogen) atoms. The highest BCUT2D eigenvalue weighted by atomic mass is 16.2. The zero-order valence-electron chi connectivity index (χ0n) is 13.2. The Morgan fingerprint density at radius 1 is 1.19 bits per heavy atom. The number of urea groups is 1. The van der Waals surface area contributed by atoms with E-state index in [0.29, 0.717) is 0 Å². The molecule has 1 aliphatic rings. The largest absolute Gasteiger partial charge is 0.338 e. The van der Waals surface area contributed by atoms with Gasteiger partial charge in [-0.15, -0.1) is 0 Å². The van der Waals surface area contributed by atoms with Gasteiger partial charge in [-0.1, -0.05) is 57.1 Å². The Morgan fingerprint density at radius 3 is 2.76 bits per heavy atom. The van der Waals surface area contributed by atoms with Gasteiger partial charge < -0.3 is 10.6 Å². The number of rotatable bonds is 6. The maximum atomic E-state index is 11.8. The lowest BCUT2D eigenvalue weighted by atomic mass is 9.86. The number of hydrogen-bond acceptors (Lipinski definition) is 1. The molecule has 0 atom stereocenters. The van der Waals surface area contributed by atoms with E-state index in [1.807, 2.05) is 31.2 Å². The average Bonchev–Trinajstić information content (AvgIpc) is 2.48. The molecule has 2 amide bonds. The molecule has 3 heteroatoms. The Morgan fingerprint density at radius 2 is 2.00 bits per heavy atom. The lowest BCUT2D eigenvalue weighted by molar-refractivity contribution is 0.251. The Balaban J connectivity index is 1.54. The van der Waals surface area contributed by atoms with Gasteiger partial charge in [-0.2, -0.15) is 0 Å². The van der Waals surface area contributed by atoms with Gasteiger partial charge >= 0.3 is 6.03 Å². The lowest BCUT2D eigenvalue weighted by Crippen LogP contribution is -2.29. The second-order valence-electron chi connectivity index (χ2n) is 6.25. The average molecular weight is 288 g/mol. The van der Waals surface area contributed by atoms with Crippen LogP contribution in [0.4, 0.5) is 10.5 Å². The van der Waals surface area contributed by atoms with E-state index < -0.39 is 0 Å². The van der Waals surface area contributed by atoms with Gasteiger partial charge in [-0.05, 0) is 37.0 Å². The molecule has 0 spiro atoms. The molecule has 0 radical (unpaired) electrons. The van der Waals surface area contributed by atoms with Crippen molar-refractivity contribution in [1.29, 1.82) is 0 Å². The summed E-state index contributed by atoms with van der Waals surface area (Å²) < 4.78 is 0. The zero-order valence-corrected chi connectivity index (χ0v) is 13.2. The van der Waals surface area contributed by atoms with E-state index in [1.54, 1.807) is 0 Å². The fourth-order valence-electron chi connectivity index (χ4n) is 3.13. The summed E-state index contributed by atoms with van der Waals surface area (Å²) >= 11 is 0. The van der Waals surface area contributed by atoms with E-state index in [9.17, 15) is 4.79 Å². The Labute approximate surface area is 128 Å². The molecule has 0 aliphatic heterocycles. The molecular formula is C18H28N2O. The molecule has 1 aromatic carbocycles. The van der Waals surface area contributed by atoms with E-state index in [2.05, 4.69) is 10.6 Å². The summed E-state index contributed by atoms with van der Waals surface area (Å²) in [5.41, 5.74) is 2.01. The van der Waals surface area contributed by atoms with Gasteiger partial charge in [0.1, 0.15) is 0 Å². The number of benzene rings is 1. The summed E-state index contributed by atoms with van der Waals surface area (Å²) in [7, 11) is 0. The van der Waals surface area contributed by atoms with Crippen molar-refractivity contribution < 1.29 is 4.79 Å². The number of aryl methyl sites for hydroxylation is 1. The van der Waals surface area contributed by atoms with Gasteiger partial charge in [0.15, 0.2) is 0 Å². The first-order chi connectivity index (χ1) is 10.2. The van der Waals surface area contributed by atoms with Crippen molar-refractivity contribution in [2.24, 2.45) is 5.92 Å². The second kappa shape index (κ2) is 8.71. The molecule has 1 aromatic rings. The first-order valence-corrected chi connectivity index (χ1v) is 8.35. The minimum atomic E-state index is -0.0988. The molecule has 0 heterocycles. The minimum Gasteiger partial charge on any atom is -0.338 e. The smallest absolute Gasteiger partial charge is 0.319 e. The van der Waals surface area contributed by atoms with Crippen LogP contribution in [-0.4, -0.2) is 12.6 Å². The standard InChI is InChI=1S/C18H28N2O/c1-15-8-7-12-17(14-15)20-18(21)19-13-6-5-11-16-9-3-2-4-10-16/h7-8,12,14,16H,2-6,9-11,13H2,1H3,(H2,19,20,21). The number of nitrogens with one attached hydrogen (secondary N) is 2. The number of anilines is 1. The first-order valence-electron chi connectivity index (χ1n) is 8.35. The van der Waals surface area contributed by atoms with E-state index in [0.717, 1.165) is 30.1 Å². The topological polar surface area (TPSA) is 41.1 Å². The van der Waals surface area contributed by atoms with Crippen LogP contribution >= 0.6 is 0 Å². The molecule has 3 nitrogen and oxygen atoms in total. The monoisotopic (exact) mass is 288 g/mol. The maximum Gasteiger partial charge on any atom is 0.319 e. The van der Waals surface area contributed by atoms with Gasteiger partial charge in [-0.3, -0.25) is 0 Å². The van der Waals surface area contributed by atoms with Crippen LogP contribution in [0.2, 0.25) is 0 Å². The highest BCUT2D eigenvalue weighted by molar-refractivity contribution is 5.89. The molecule has 1 saturated carbocycles. The highest BCUT2D eigenvalue weighted by Crippen LogP contribution is 2.27. The number of unbranched alkanes of at least 4 members (excludes halogenated alkanes) is 1. The molecule has 1 aliphatic carbocycles. The van der Waals surface area contributed by atoms with Crippen molar-refractivity contribution in [3.05, 3.63) is 29.8 Å². The third-order valence-corrected chi connectivity index (χ3v) is 4.33. The zero-order chi connectivity index (χ0) is 14.9. The van der Waals surface area contributed by atoms with Crippen LogP contribution in [0.3, 0.4) is 0 Å². The molecule has 0 bridgehead atoms. The normalized spacial score (nSPS) is 15.7. The predicted molar refractivity (Wildman–Crippen MR) is 88.6 cm³/mol. The van der Waals surface area contributed by atoms with Gasteiger partial charge in [-0.25, -0.2) is 4.79 Å². The fraction of sp³-hybridized carbons (Fsp3) is 0.611. The summed E-state index contributed by atoms with van der Waals surface area (Å²) in [5, 5.41) is 5.81. The van der Waals surface area contributed by atoms with Crippen molar-refractivity contribution in [2.45, 2.75) is 58.3 Å². The van der Waals surface area contributed by atoms with E-state index >= 15 is 0 Å². The molecule has 0 saturated heterocycles. The molecule has 0 unspecified atom stereocenters. The van der Waals surface area contributed by atoms with Crippen LogP contribution in [0, 0.1) is 12.8 Å². The van der Waals surface area contributed by atoms with Gasteiger partial charge in [0.2, 0.25) is 0 Å². The SMILES string of the molecule is Cc1cccc(NC(=O)NCCCCC2CCCCC2)c1. The summed E-state index contributed by atoms with van der Waals surface area (Å²) in [4.78, 5) is 11.8. The number of carbonyl (C=O) groups is 1. The Hall–Kier alpha value is -1.51. The fourth-order valence-corrected chi connectivity index (χ4v) is 3.13. The van der Waals surface area contributed by atoms with Crippen LogP contribution in [0.25, 0.3) is 0 Å². The highest BCUT2D eigenvalue weighted by Gasteiger charge is 2.12. The van der Waals surface area contributed by atoms with Crippen LogP contribution in [0.1, 0.15) is 56.9 Å². The van der Waals surface area contributed by atoms with Crippen molar-refractivity contribution >= 4 is 11.7 Å². The van der Waals surface area contributed by atoms with Crippen molar-refractivity contribution in [2.75, 3.05) is 11.9 Å². The third-order valence-electron chi connectivity index (χ3n) is 4.33. The van der Waals surface area contributed by atoms with Crippen LogP contribution in [0.15, 0.2) is 24.3 Å². The third kappa shape index (κ3) is 6.19. The number of carbonyl (C=O) groups excluding carboxylic acids is 1.